The maximum atomic E-state index is 13.9. The summed E-state index contributed by atoms with van der Waals surface area (Å²) < 4.78 is 13.9. The summed E-state index contributed by atoms with van der Waals surface area (Å²) in [5.41, 5.74) is 2.07. The number of hydrogen-bond acceptors (Lipinski definition) is 3. The van der Waals surface area contributed by atoms with E-state index in [1.165, 1.54) is 28.8 Å². The maximum absolute atomic E-state index is 13.9. The van der Waals surface area contributed by atoms with Crippen molar-refractivity contribution < 1.29 is 14.0 Å². The zero-order valence-electron chi connectivity index (χ0n) is 17.2. The summed E-state index contributed by atoms with van der Waals surface area (Å²) in [5.74, 6) is -0.552. The standard InChI is InChI=1S/C25H22ClFN2O2S/c26-21-12-5-4-11-20(21)24(31)29-22(16-32-25(29)18-9-6-10-19(27)15-18)23(30)28-14-13-17-7-2-1-3-8-17/h1-12,15,22,25H,13-14,16H2,(H,28,30). The third-order valence-corrected chi connectivity index (χ3v) is 6.98. The van der Waals surface area contributed by atoms with Gasteiger partial charge in [-0.2, -0.15) is 0 Å². The molecular formula is C25H22ClFN2O2S. The molecule has 0 bridgehead atoms. The van der Waals surface area contributed by atoms with Crippen LogP contribution in [0.15, 0.2) is 78.9 Å². The summed E-state index contributed by atoms with van der Waals surface area (Å²) in [6.07, 6.45) is 0.693. The van der Waals surface area contributed by atoms with Gasteiger partial charge in [0.1, 0.15) is 17.2 Å². The van der Waals surface area contributed by atoms with Gasteiger partial charge in [-0.1, -0.05) is 66.2 Å². The van der Waals surface area contributed by atoms with E-state index in [0.717, 1.165) is 5.56 Å². The number of nitrogens with one attached hydrogen (secondary N) is 1. The predicted molar refractivity (Wildman–Crippen MR) is 126 cm³/mol. The molecule has 2 amide bonds. The minimum Gasteiger partial charge on any atom is -0.354 e. The zero-order valence-corrected chi connectivity index (χ0v) is 18.8. The van der Waals surface area contributed by atoms with Crippen molar-refractivity contribution in [1.82, 2.24) is 10.2 Å². The number of carbonyl (C=O) groups excluding carboxylic acids is 2. The first-order valence-corrected chi connectivity index (χ1v) is 11.7. The number of carbonyl (C=O) groups is 2. The van der Waals surface area contributed by atoms with Gasteiger partial charge >= 0.3 is 0 Å². The average Bonchev–Trinajstić information content (AvgIpc) is 3.25. The van der Waals surface area contributed by atoms with Crippen molar-refractivity contribution in [2.45, 2.75) is 17.8 Å². The highest BCUT2D eigenvalue weighted by Crippen LogP contribution is 2.43. The molecular weight excluding hydrogens is 447 g/mol. The molecule has 1 heterocycles. The van der Waals surface area contributed by atoms with Crippen LogP contribution in [0.4, 0.5) is 4.39 Å². The molecule has 4 nitrogen and oxygen atoms in total. The van der Waals surface area contributed by atoms with E-state index in [9.17, 15) is 14.0 Å². The highest BCUT2D eigenvalue weighted by molar-refractivity contribution is 7.99. The van der Waals surface area contributed by atoms with Crippen molar-refractivity contribution in [3.05, 3.63) is 106 Å². The molecule has 0 saturated carbocycles. The van der Waals surface area contributed by atoms with E-state index in [4.69, 9.17) is 11.6 Å². The molecule has 1 fully saturated rings. The van der Waals surface area contributed by atoms with E-state index in [0.29, 0.717) is 34.9 Å². The largest absolute Gasteiger partial charge is 0.354 e. The van der Waals surface area contributed by atoms with Gasteiger partial charge in [0.25, 0.3) is 5.91 Å². The van der Waals surface area contributed by atoms with Crippen molar-refractivity contribution >= 4 is 35.2 Å². The Morgan fingerprint density at radius 3 is 2.53 bits per heavy atom. The lowest BCUT2D eigenvalue weighted by Gasteiger charge is -2.29. The molecule has 0 radical (unpaired) electrons. The van der Waals surface area contributed by atoms with Crippen LogP contribution in [0.2, 0.25) is 5.02 Å². The van der Waals surface area contributed by atoms with Gasteiger partial charge in [0, 0.05) is 12.3 Å². The highest BCUT2D eigenvalue weighted by Gasteiger charge is 2.43. The Bertz CT molecular complexity index is 1110. The van der Waals surface area contributed by atoms with E-state index in [2.05, 4.69) is 5.32 Å². The van der Waals surface area contributed by atoms with E-state index in [-0.39, 0.29) is 17.6 Å². The minimum atomic E-state index is -0.687. The molecule has 32 heavy (non-hydrogen) atoms. The molecule has 4 rings (SSSR count). The third kappa shape index (κ3) is 4.97. The molecule has 1 aliphatic heterocycles. The van der Waals surface area contributed by atoms with Gasteiger partial charge in [-0.05, 0) is 41.8 Å². The van der Waals surface area contributed by atoms with Gasteiger partial charge < -0.3 is 10.2 Å². The second-order valence-corrected chi connectivity index (χ2v) is 9.00. The van der Waals surface area contributed by atoms with E-state index >= 15 is 0 Å². The van der Waals surface area contributed by atoms with Crippen LogP contribution in [-0.2, 0) is 11.2 Å². The first-order valence-electron chi connectivity index (χ1n) is 10.3. The monoisotopic (exact) mass is 468 g/mol. The topological polar surface area (TPSA) is 49.4 Å². The van der Waals surface area contributed by atoms with Crippen molar-refractivity contribution in [2.24, 2.45) is 0 Å². The second kappa shape index (κ2) is 10.2. The Labute approximate surface area is 195 Å². The van der Waals surface area contributed by atoms with Crippen LogP contribution in [0.25, 0.3) is 0 Å². The number of nitrogens with zero attached hydrogens (tertiary/aromatic N) is 1. The molecule has 3 aromatic rings. The summed E-state index contributed by atoms with van der Waals surface area (Å²) in [6.45, 7) is 0.461. The predicted octanol–water partition coefficient (Wildman–Crippen LogP) is 5.09. The van der Waals surface area contributed by atoms with Gasteiger partial charge in [-0.3, -0.25) is 9.59 Å². The number of rotatable bonds is 6. The summed E-state index contributed by atoms with van der Waals surface area (Å²) in [5, 5.41) is 2.78. The number of halogens is 2. The number of amides is 2. The molecule has 0 aromatic heterocycles. The van der Waals surface area contributed by atoms with Crippen molar-refractivity contribution in [1.29, 1.82) is 0 Å². The van der Waals surface area contributed by atoms with Crippen LogP contribution in [-0.4, -0.2) is 35.1 Å². The molecule has 1 saturated heterocycles. The fourth-order valence-corrected chi connectivity index (χ4v) is 5.38. The van der Waals surface area contributed by atoms with Crippen LogP contribution in [0.5, 0.6) is 0 Å². The fraction of sp³-hybridized carbons (Fsp3) is 0.200. The Balaban J connectivity index is 1.56. The van der Waals surface area contributed by atoms with E-state index < -0.39 is 11.4 Å². The van der Waals surface area contributed by atoms with Crippen LogP contribution in [0, 0.1) is 5.82 Å². The maximum Gasteiger partial charge on any atom is 0.257 e. The lowest BCUT2D eigenvalue weighted by atomic mass is 10.1. The first-order chi connectivity index (χ1) is 15.5. The molecule has 7 heteroatoms. The number of hydrogen-bond donors (Lipinski definition) is 1. The fourth-order valence-electron chi connectivity index (χ4n) is 3.74. The normalized spacial score (nSPS) is 17.9. The molecule has 1 N–H and O–H groups in total. The van der Waals surface area contributed by atoms with Gasteiger partial charge in [-0.25, -0.2) is 4.39 Å². The lowest BCUT2D eigenvalue weighted by Crippen LogP contribution is -2.48. The summed E-state index contributed by atoms with van der Waals surface area (Å²) in [7, 11) is 0. The van der Waals surface area contributed by atoms with Crippen LogP contribution < -0.4 is 5.32 Å². The summed E-state index contributed by atoms with van der Waals surface area (Å²) in [6, 6.07) is 22.1. The second-order valence-electron chi connectivity index (χ2n) is 7.48. The molecule has 2 unspecified atom stereocenters. The Hall–Kier alpha value is -2.83. The molecule has 164 valence electrons. The van der Waals surface area contributed by atoms with Crippen LogP contribution >= 0.6 is 23.4 Å². The zero-order chi connectivity index (χ0) is 22.5. The van der Waals surface area contributed by atoms with Crippen molar-refractivity contribution in [3.8, 4) is 0 Å². The van der Waals surface area contributed by atoms with Gasteiger partial charge in [-0.15, -0.1) is 11.8 Å². The summed E-state index contributed by atoms with van der Waals surface area (Å²) in [4.78, 5) is 28.1. The van der Waals surface area contributed by atoms with Gasteiger partial charge in [0.05, 0.1) is 10.6 Å². The Morgan fingerprint density at radius 1 is 1.03 bits per heavy atom. The summed E-state index contributed by atoms with van der Waals surface area (Å²) >= 11 is 7.72. The van der Waals surface area contributed by atoms with Crippen molar-refractivity contribution in [3.63, 3.8) is 0 Å². The molecule has 3 aromatic carbocycles. The van der Waals surface area contributed by atoms with Crippen LogP contribution in [0.1, 0.15) is 26.9 Å². The molecule has 0 aliphatic carbocycles. The highest BCUT2D eigenvalue weighted by atomic mass is 35.5. The lowest BCUT2D eigenvalue weighted by molar-refractivity contribution is -0.124. The molecule has 0 spiro atoms. The SMILES string of the molecule is O=C(NCCc1ccccc1)C1CSC(c2cccc(F)c2)N1C(=O)c1ccccc1Cl. The van der Waals surface area contributed by atoms with E-state index in [1.807, 2.05) is 30.3 Å². The Kier molecular flexibility index (Phi) is 7.12. The van der Waals surface area contributed by atoms with E-state index in [1.54, 1.807) is 36.4 Å². The molecule has 2 atom stereocenters. The smallest absolute Gasteiger partial charge is 0.257 e. The van der Waals surface area contributed by atoms with Gasteiger partial charge in [0.2, 0.25) is 5.91 Å². The molecule has 1 aliphatic rings. The number of benzene rings is 3. The Morgan fingerprint density at radius 2 is 1.78 bits per heavy atom. The van der Waals surface area contributed by atoms with Gasteiger partial charge in [0.15, 0.2) is 0 Å². The average molecular weight is 469 g/mol. The third-order valence-electron chi connectivity index (χ3n) is 5.33. The quantitative estimate of drug-likeness (QED) is 0.548. The minimum absolute atomic E-state index is 0.229. The van der Waals surface area contributed by atoms with Crippen LogP contribution in [0.3, 0.4) is 0 Å². The first kappa shape index (κ1) is 22.4. The number of thioether (sulfide) groups is 1. The van der Waals surface area contributed by atoms with Crippen molar-refractivity contribution in [2.75, 3.05) is 12.3 Å².